The minimum absolute atomic E-state index is 0.0709. The molecule has 0 saturated heterocycles. The molecule has 0 aliphatic heterocycles. The summed E-state index contributed by atoms with van der Waals surface area (Å²) in [6.45, 7) is 2.68. The average Bonchev–Trinajstić information content (AvgIpc) is 3.01. The Balaban J connectivity index is 1.50. The normalized spacial score (nSPS) is 11.5. The molecule has 6 heteroatoms. The van der Waals surface area contributed by atoms with Crippen molar-refractivity contribution in [1.82, 2.24) is 14.9 Å². The number of likely N-dealkylation sites (N-methyl/N-ethyl adjacent to an activating group) is 1. The number of thiophene rings is 1. The maximum absolute atomic E-state index is 12.5. The highest BCUT2D eigenvalue weighted by molar-refractivity contribution is 7.19. The molecule has 0 atom stereocenters. The zero-order chi connectivity index (χ0) is 19.7. The quantitative estimate of drug-likeness (QED) is 0.534. The molecule has 3 heterocycles. The third-order valence-electron chi connectivity index (χ3n) is 4.71. The van der Waals surface area contributed by atoms with Gasteiger partial charge in [-0.3, -0.25) is 9.59 Å². The molecule has 4 aromatic rings. The molecular formula is C22H19N3O2S. The van der Waals surface area contributed by atoms with E-state index in [0.29, 0.717) is 12.2 Å². The van der Waals surface area contributed by atoms with Crippen LogP contribution >= 0.6 is 11.3 Å². The number of nitrogens with one attached hydrogen (secondary N) is 1. The van der Waals surface area contributed by atoms with Crippen molar-refractivity contribution in [1.29, 1.82) is 0 Å². The second kappa shape index (κ2) is 7.40. The van der Waals surface area contributed by atoms with Crippen molar-refractivity contribution in [3.63, 3.8) is 0 Å². The van der Waals surface area contributed by atoms with Gasteiger partial charge in [-0.05, 0) is 47.7 Å². The lowest BCUT2D eigenvalue weighted by Gasteiger charge is -2.14. The summed E-state index contributed by atoms with van der Waals surface area (Å²) >= 11 is 1.73. The van der Waals surface area contributed by atoms with E-state index in [1.165, 1.54) is 26.6 Å². The van der Waals surface area contributed by atoms with E-state index in [9.17, 15) is 9.59 Å². The second-order valence-corrected chi connectivity index (χ2v) is 7.84. The van der Waals surface area contributed by atoms with Crippen molar-refractivity contribution in [3.8, 4) is 0 Å². The lowest BCUT2D eigenvalue weighted by atomic mass is 10.1. The highest BCUT2D eigenvalue weighted by Crippen LogP contribution is 2.31. The second-order valence-electron chi connectivity index (χ2n) is 6.70. The molecule has 28 heavy (non-hydrogen) atoms. The fourth-order valence-electron chi connectivity index (χ4n) is 3.11. The van der Waals surface area contributed by atoms with Gasteiger partial charge in [0, 0.05) is 40.4 Å². The van der Waals surface area contributed by atoms with Crippen molar-refractivity contribution in [2.75, 3.05) is 7.05 Å². The first-order valence-corrected chi connectivity index (χ1v) is 9.72. The zero-order valence-electron chi connectivity index (χ0n) is 15.6. The number of H-pyrrole nitrogens is 1. The number of nitrogens with zero attached hydrogens (tertiary/aromatic N) is 2. The number of hydrogen-bond donors (Lipinski definition) is 1. The molecule has 0 saturated carbocycles. The molecule has 0 aliphatic rings. The largest absolute Gasteiger partial charge is 0.337 e. The topological polar surface area (TPSA) is 66.1 Å². The minimum atomic E-state index is -0.184. The number of pyridine rings is 2. The van der Waals surface area contributed by atoms with Gasteiger partial charge < -0.3 is 9.88 Å². The fraction of sp³-hybridized carbons (Fsp3) is 0.136. The van der Waals surface area contributed by atoms with Crippen LogP contribution in [0.2, 0.25) is 0 Å². The zero-order valence-corrected chi connectivity index (χ0v) is 16.4. The van der Waals surface area contributed by atoms with E-state index >= 15 is 0 Å². The Morgan fingerprint density at radius 1 is 1.25 bits per heavy atom. The molecule has 0 fully saturated rings. The molecule has 0 bridgehead atoms. The van der Waals surface area contributed by atoms with E-state index < -0.39 is 0 Å². The van der Waals surface area contributed by atoms with E-state index in [1.54, 1.807) is 47.7 Å². The third-order valence-corrected chi connectivity index (χ3v) is 5.97. The molecule has 140 valence electrons. The molecule has 0 aliphatic carbocycles. The summed E-state index contributed by atoms with van der Waals surface area (Å²) < 4.78 is 1.24. The van der Waals surface area contributed by atoms with E-state index in [-0.39, 0.29) is 11.5 Å². The van der Waals surface area contributed by atoms with Crippen molar-refractivity contribution < 1.29 is 4.79 Å². The van der Waals surface area contributed by atoms with Crippen LogP contribution in [-0.4, -0.2) is 27.8 Å². The van der Waals surface area contributed by atoms with Crippen LogP contribution in [0.25, 0.3) is 27.2 Å². The number of benzene rings is 1. The number of amides is 1. The van der Waals surface area contributed by atoms with Crippen LogP contribution in [0.3, 0.4) is 0 Å². The highest BCUT2D eigenvalue weighted by atomic mass is 32.1. The van der Waals surface area contributed by atoms with Gasteiger partial charge in [-0.2, -0.15) is 0 Å². The maximum atomic E-state index is 12.5. The van der Waals surface area contributed by atoms with Crippen LogP contribution in [0.5, 0.6) is 0 Å². The first-order chi connectivity index (χ1) is 13.5. The number of carbonyl (C=O) groups excluding carboxylic acids is 1. The van der Waals surface area contributed by atoms with Crippen LogP contribution in [0.1, 0.15) is 16.0 Å². The molecule has 1 aromatic carbocycles. The first kappa shape index (κ1) is 18.1. The van der Waals surface area contributed by atoms with E-state index in [0.717, 1.165) is 10.9 Å². The Morgan fingerprint density at radius 3 is 2.89 bits per heavy atom. The van der Waals surface area contributed by atoms with Crippen molar-refractivity contribution in [2.24, 2.45) is 0 Å². The Kier molecular flexibility index (Phi) is 4.79. The van der Waals surface area contributed by atoms with Gasteiger partial charge in [0.1, 0.15) is 5.65 Å². The summed E-state index contributed by atoms with van der Waals surface area (Å²) in [6, 6.07) is 13.4. The number of rotatable bonds is 4. The summed E-state index contributed by atoms with van der Waals surface area (Å²) in [5, 5.41) is 2.07. The van der Waals surface area contributed by atoms with E-state index in [1.807, 2.05) is 18.2 Å². The number of aromatic amines is 1. The monoisotopic (exact) mass is 389 g/mol. The Labute approximate surface area is 166 Å². The van der Waals surface area contributed by atoms with Crippen molar-refractivity contribution in [2.45, 2.75) is 13.5 Å². The maximum Gasteiger partial charge on any atom is 0.249 e. The highest BCUT2D eigenvalue weighted by Gasteiger charge is 2.12. The van der Waals surface area contributed by atoms with Gasteiger partial charge in [-0.15, -0.1) is 11.3 Å². The Hall–Kier alpha value is -3.25. The summed E-state index contributed by atoms with van der Waals surface area (Å²) in [6.07, 6.45) is 4.93. The molecule has 1 amide bonds. The predicted octanol–water partition coefficient (Wildman–Crippen LogP) is 4.12. The van der Waals surface area contributed by atoms with Crippen LogP contribution in [0, 0.1) is 6.92 Å². The third kappa shape index (κ3) is 3.59. The van der Waals surface area contributed by atoms with Gasteiger partial charge in [0.15, 0.2) is 0 Å². The smallest absolute Gasteiger partial charge is 0.249 e. The standard InChI is InChI=1S/C22H19N3O2S/c1-14-17-5-3-4-6-18(17)28-19(14)13-25(2)21(27)10-7-15-11-16-8-9-20(26)24-22(16)23-12-15/h3-12H,13H2,1-2H3,(H,23,24,26)/b10-7+. The number of carbonyl (C=O) groups is 1. The number of fused-ring (bicyclic) bond motifs is 2. The average molecular weight is 389 g/mol. The summed E-state index contributed by atoms with van der Waals surface area (Å²) in [4.78, 5) is 33.7. The number of aromatic nitrogens is 2. The van der Waals surface area contributed by atoms with Crippen LogP contribution in [0.15, 0.2) is 59.5 Å². The molecular weight excluding hydrogens is 370 g/mol. The molecule has 0 spiro atoms. The van der Waals surface area contributed by atoms with Crippen LogP contribution in [0.4, 0.5) is 0 Å². The molecule has 3 aromatic heterocycles. The minimum Gasteiger partial charge on any atom is -0.337 e. The van der Waals surface area contributed by atoms with Gasteiger partial charge in [0.2, 0.25) is 11.5 Å². The lowest BCUT2D eigenvalue weighted by Crippen LogP contribution is -2.23. The molecule has 4 rings (SSSR count). The Morgan fingerprint density at radius 2 is 2.07 bits per heavy atom. The summed E-state index contributed by atoms with van der Waals surface area (Å²) in [7, 11) is 1.81. The van der Waals surface area contributed by atoms with Gasteiger partial charge in [-0.25, -0.2) is 4.98 Å². The lowest BCUT2D eigenvalue weighted by molar-refractivity contribution is -0.125. The van der Waals surface area contributed by atoms with E-state index in [4.69, 9.17) is 0 Å². The fourth-order valence-corrected chi connectivity index (χ4v) is 4.37. The molecule has 1 N–H and O–H groups in total. The SMILES string of the molecule is Cc1c(CN(C)C(=O)/C=C/c2cnc3[nH]c(=O)ccc3c2)sc2ccccc12. The van der Waals surface area contributed by atoms with Crippen molar-refractivity contribution in [3.05, 3.63) is 81.1 Å². The first-order valence-electron chi connectivity index (χ1n) is 8.90. The van der Waals surface area contributed by atoms with Gasteiger partial charge in [-0.1, -0.05) is 18.2 Å². The van der Waals surface area contributed by atoms with E-state index in [2.05, 4.69) is 29.0 Å². The van der Waals surface area contributed by atoms with Gasteiger partial charge in [0.25, 0.3) is 0 Å². The molecule has 5 nitrogen and oxygen atoms in total. The Bertz CT molecular complexity index is 1270. The predicted molar refractivity (Wildman–Crippen MR) is 114 cm³/mol. The molecule has 0 radical (unpaired) electrons. The molecule has 0 unspecified atom stereocenters. The van der Waals surface area contributed by atoms with Gasteiger partial charge in [0.05, 0.1) is 6.54 Å². The summed E-state index contributed by atoms with van der Waals surface area (Å²) in [5.74, 6) is -0.0709. The summed E-state index contributed by atoms with van der Waals surface area (Å²) in [5.41, 5.74) is 2.39. The van der Waals surface area contributed by atoms with Gasteiger partial charge >= 0.3 is 0 Å². The van der Waals surface area contributed by atoms with Crippen molar-refractivity contribution >= 4 is 44.4 Å². The number of hydrogen-bond acceptors (Lipinski definition) is 4. The van der Waals surface area contributed by atoms with Crippen LogP contribution < -0.4 is 5.56 Å². The van der Waals surface area contributed by atoms with Crippen LogP contribution in [-0.2, 0) is 11.3 Å². The number of aryl methyl sites for hydroxylation is 1.